The highest BCUT2D eigenvalue weighted by atomic mass is 35.5. The number of hydrogen-bond donors (Lipinski definition) is 0. The van der Waals surface area contributed by atoms with E-state index >= 15 is 0 Å². The minimum absolute atomic E-state index is 0.150. The lowest BCUT2D eigenvalue weighted by molar-refractivity contribution is 0.292. The normalized spacial score (nSPS) is 17.2. The van der Waals surface area contributed by atoms with Crippen molar-refractivity contribution in [2.45, 2.75) is 56.3 Å². The Bertz CT molecular complexity index is 574. The molecule has 0 aromatic carbocycles. The molecular weight excluding hydrogens is 308 g/mol. The lowest BCUT2D eigenvalue weighted by Gasteiger charge is -2.29. The largest absolute Gasteiger partial charge is 0.352 e. The first-order valence-corrected chi connectivity index (χ1v) is 9.56. The van der Waals surface area contributed by atoms with E-state index in [1.54, 1.807) is 21.1 Å². The summed E-state index contributed by atoms with van der Waals surface area (Å²) in [4.78, 5) is 0.369. The third-order valence-corrected chi connectivity index (χ3v) is 6.26. The fraction of sp³-hybridized carbons (Fsp3) is 0.733. The Labute approximate surface area is 133 Å². The first kappa shape index (κ1) is 16.8. The molecular formula is C15H25ClN2O2S. The van der Waals surface area contributed by atoms with Crippen molar-refractivity contribution in [1.82, 2.24) is 8.87 Å². The number of rotatable bonds is 6. The average Bonchev–Trinajstić information content (AvgIpc) is 3.04. The van der Waals surface area contributed by atoms with Crippen molar-refractivity contribution in [3.8, 4) is 0 Å². The topological polar surface area (TPSA) is 42.3 Å². The predicted molar refractivity (Wildman–Crippen MR) is 86.0 cm³/mol. The van der Waals surface area contributed by atoms with E-state index in [0.717, 1.165) is 31.4 Å². The molecule has 0 N–H and O–H groups in total. The van der Waals surface area contributed by atoms with Crippen molar-refractivity contribution in [2.24, 2.45) is 13.0 Å². The van der Waals surface area contributed by atoms with Crippen LogP contribution in [0.5, 0.6) is 0 Å². The zero-order chi connectivity index (χ0) is 15.6. The zero-order valence-electron chi connectivity index (χ0n) is 13.0. The molecule has 1 heterocycles. The van der Waals surface area contributed by atoms with Crippen LogP contribution in [0.2, 0.25) is 0 Å². The van der Waals surface area contributed by atoms with Gasteiger partial charge in [0, 0.05) is 31.5 Å². The molecule has 2 rings (SSSR count). The molecule has 1 aromatic heterocycles. The van der Waals surface area contributed by atoms with Gasteiger partial charge in [-0.3, -0.25) is 0 Å². The predicted octanol–water partition coefficient (Wildman–Crippen LogP) is 3.35. The fourth-order valence-corrected chi connectivity index (χ4v) is 5.19. The van der Waals surface area contributed by atoms with Crippen LogP contribution in [0.15, 0.2) is 17.2 Å². The standard InChI is InChI=1S/C15H25ClN2O2S/c1-12(2)10-18(13-6-4-5-7-13)21(19,20)15-8-14(9-16)17(3)11-15/h8,11-13H,4-7,9-10H2,1-3H3. The summed E-state index contributed by atoms with van der Waals surface area (Å²) in [6, 6.07) is 1.85. The van der Waals surface area contributed by atoms with Gasteiger partial charge in [0.1, 0.15) is 4.90 Å². The number of aromatic nitrogens is 1. The molecule has 6 heteroatoms. The van der Waals surface area contributed by atoms with Crippen LogP contribution in [0.25, 0.3) is 0 Å². The Morgan fingerprint density at radius 2 is 2.00 bits per heavy atom. The number of halogens is 1. The molecule has 1 aromatic rings. The van der Waals surface area contributed by atoms with Gasteiger partial charge in [-0.2, -0.15) is 4.31 Å². The van der Waals surface area contributed by atoms with Gasteiger partial charge in [-0.25, -0.2) is 8.42 Å². The van der Waals surface area contributed by atoms with E-state index in [9.17, 15) is 8.42 Å². The second-order valence-electron chi connectivity index (χ2n) is 6.32. The van der Waals surface area contributed by atoms with Gasteiger partial charge < -0.3 is 4.57 Å². The molecule has 1 aliphatic carbocycles. The maximum Gasteiger partial charge on any atom is 0.244 e. The highest BCUT2D eigenvalue weighted by Crippen LogP contribution is 2.30. The van der Waals surface area contributed by atoms with Gasteiger partial charge in [-0.1, -0.05) is 26.7 Å². The highest BCUT2D eigenvalue weighted by molar-refractivity contribution is 7.89. The first-order valence-electron chi connectivity index (χ1n) is 7.59. The van der Waals surface area contributed by atoms with Gasteiger partial charge in [-0.15, -0.1) is 11.6 Å². The third kappa shape index (κ3) is 3.63. The maximum absolute atomic E-state index is 13.0. The summed E-state index contributed by atoms with van der Waals surface area (Å²) in [7, 11) is -1.61. The first-order chi connectivity index (χ1) is 9.86. The van der Waals surface area contributed by atoms with Crippen molar-refractivity contribution in [3.05, 3.63) is 18.0 Å². The summed E-state index contributed by atoms with van der Waals surface area (Å²) in [5.41, 5.74) is 0.825. The molecule has 0 spiro atoms. The van der Waals surface area contributed by atoms with Crippen LogP contribution in [0.4, 0.5) is 0 Å². The second kappa shape index (κ2) is 6.71. The van der Waals surface area contributed by atoms with Crippen LogP contribution >= 0.6 is 11.6 Å². The van der Waals surface area contributed by atoms with E-state index in [4.69, 9.17) is 11.6 Å². The van der Waals surface area contributed by atoms with Gasteiger partial charge in [-0.05, 0) is 24.8 Å². The molecule has 1 saturated carbocycles. The number of nitrogens with zero attached hydrogens (tertiary/aromatic N) is 2. The molecule has 0 amide bonds. The summed E-state index contributed by atoms with van der Waals surface area (Å²) in [5.74, 6) is 0.635. The molecule has 120 valence electrons. The zero-order valence-corrected chi connectivity index (χ0v) is 14.6. The lowest BCUT2D eigenvalue weighted by Crippen LogP contribution is -2.41. The Balaban J connectivity index is 2.35. The van der Waals surface area contributed by atoms with Crippen LogP contribution in [0, 0.1) is 5.92 Å². The summed E-state index contributed by atoms with van der Waals surface area (Å²) < 4.78 is 29.5. The number of sulfonamides is 1. The number of alkyl halides is 1. The molecule has 4 nitrogen and oxygen atoms in total. The molecule has 21 heavy (non-hydrogen) atoms. The van der Waals surface area contributed by atoms with Crippen LogP contribution in [0.1, 0.15) is 45.2 Å². The van der Waals surface area contributed by atoms with Crippen LogP contribution in [-0.4, -0.2) is 29.9 Å². The van der Waals surface area contributed by atoms with Gasteiger partial charge in [0.25, 0.3) is 0 Å². The van der Waals surface area contributed by atoms with E-state index < -0.39 is 10.0 Å². The molecule has 0 aliphatic heterocycles. The van der Waals surface area contributed by atoms with Crippen molar-refractivity contribution in [1.29, 1.82) is 0 Å². The summed E-state index contributed by atoms with van der Waals surface area (Å²) in [5, 5.41) is 0. The van der Waals surface area contributed by atoms with Crippen molar-refractivity contribution < 1.29 is 8.42 Å². The smallest absolute Gasteiger partial charge is 0.244 e. The second-order valence-corrected chi connectivity index (χ2v) is 8.48. The third-order valence-electron chi connectivity index (χ3n) is 4.10. The Hall–Kier alpha value is -0.520. The molecule has 1 aliphatic rings. The summed E-state index contributed by atoms with van der Waals surface area (Å²) in [6.45, 7) is 4.71. The molecule has 1 fully saturated rings. The van der Waals surface area contributed by atoms with E-state index in [2.05, 4.69) is 13.8 Å². The van der Waals surface area contributed by atoms with Crippen LogP contribution < -0.4 is 0 Å². The fourth-order valence-electron chi connectivity index (χ4n) is 2.98. The van der Waals surface area contributed by atoms with E-state index in [1.807, 2.05) is 7.05 Å². The summed E-state index contributed by atoms with van der Waals surface area (Å²) >= 11 is 5.86. The van der Waals surface area contributed by atoms with Gasteiger partial charge >= 0.3 is 0 Å². The minimum atomic E-state index is -3.44. The number of hydrogen-bond acceptors (Lipinski definition) is 2. The Kier molecular flexibility index (Phi) is 5.38. The number of aryl methyl sites for hydroxylation is 1. The molecule has 0 saturated heterocycles. The van der Waals surface area contributed by atoms with Crippen molar-refractivity contribution in [2.75, 3.05) is 6.54 Å². The minimum Gasteiger partial charge on any atom is -0.352 e. The SMILES string of the molecule is CC(C)CN(C1CCCC1)S(=O)(=O)c1cc(CCl)n(C)c1. The molecule has 0 unspecified atom stereocenters. The highest BCUT2D eigenvalue weighted by Gasteiger charge is 2.34. The van der Waals surface area contributed by atoms with Crippen LogP contribution in [0.3, 0.4) is 0 Å². The quantitative estimate of drug-likeness (QED) is 0.750. The van der Waals surface area contributed by atoms with Gasteiger partial charge in [0.15, 0.2) is 0 Å². The van der Waals surface area contributed by atoms with E-state index in [-0.39, 0.29) is 6.04 Å². The van der Waals surface area contributed by atoms with E-state index in [0.29, 0.717) is 23.2 Å². The molecule has 0 bridgehead atoms. The van der Waals surface area contributed by atoms with Crippen molar-refractivity contribution in [3.63, 3.8) is 0 Å². The summed E-state index contributed by atoms with van der Waals surface area (Å²) in [6.07, 6.45) is 5.87. The van der Waals surface area contributed by atoms with Gasteiger partial charge in [0.05, 0.1) is 5.88 Å². The van der Waals surface area contributed by atoms with Gasteiger partial charge in [0.2, 0.25) is 10.0 Å². The molecule has 0 radical (unpaired) electrons. The Morgan fingerprint density at radius 1 is 1.38 bits per heavy atom. The molecule has 0 atom stereocenters. The van der Waals surface area contributed by atoms with Crippen LogP contribution in [-0.2, 0) is 23.0 Å². The monoisotopic (exact) mass is 332 g/mol. The lowest BCUT2D eigenvalue weighted by atomic mass is 10.2. The Morgan fingerprint density at radius 3 is 2.48 bits per heavy atom. The van der Waals surface area contributed by atoms with E-state index in [1.165, 1.54) is 0 Å². The average molecular weight is 333 g/mol. The van der Waals surface area contributed by atoms with Crippen molar-refractivity contribution >= 4 is 21.6 Å². The maximum atomic E-state index is 13.0.